The largest absolute Gasteiger partial charge is 0.475 e. The van der Waals surface area contributed by atoms with Crippen LogP contribution < -0.4 is 21.1 Å². The van der Waals surface area contributed by atoms with Crippen molar-refractivity contribution in [2.45, 2.75) is 104 Å². The Balaban J connectivity index is 1.90. The lowest BCUT2D eigenvalue weighted by Gasteiger charge is -2.48. The van der Waals surface area contributed by atoms with Crippen LogP contribution in [0.15, 0.2) is 4.79 Å². The van der Waals surface area contributed by atoms with E-state index in [-0.39, 0.29) is 0 Å². The number of Topliss-reactive ketones (excluding diaryl/α,β-unsaturated/α-hetero) is 1. The van der Waals surface area contributed by atoms with Gasteiger partial charge in [0.05, 0.1) is 6.61 Å². The topological polar surface area (TPSA) is 212 Å². The maximum absolute atomic E-state index is 14.0. The van der Waals surface area contributed by atoms with Gasteiger partial charge in [0.2, 0.25) is 5.95 Å². The molecule has 0 spiro atoms. The number of amides is 2. The van der Waals surface area contributed by atoms with Crippen LogP contribution in [0, 0.1) is 0 Å². The van der Waals surface area contributed by atoms with Crippen molar-refractivity contribution in [3.8, 4) is 0 Å². The number of nitrogens with zero attached hydrogens (tertiary/aromatic N) is 3. The Morgan fingerprint density at radius 1 is 0.956 bits per heavy atom. The molecule has 0 bridgehead atoms. The molecule has 1 aromatic rings. The molecule has 3 aliphatic rings. The molecule has 45 heavy (non-hydrogen) atoms. The lowest BCUT2D eigenvalue weighted by atomic mass is 9.95. The summed E-state index contributed by atoms with van der Waals surface area (Å²) in [6, 6.07) is -1.51. The first kappa shape index (κ1) is 34.3. The van der Waals surface area contributed by atoms with E-state index in [1.165, 1.54) is 0 Å². The number of nitrogens with one attached hydrogen (secondary N) is 2. The van der Waals surface area contributed by atoms with E-state index in [9.17, 15) is 28.5 Å². The zero-order valence-corrected chi connectivity index (χ0v) is 27.5. The van der Waals surface area contributed by atoms with Gasteiger partial charge in [0.1, 0.15) is 34.6 Å². The Hall–Kier alpha value is -3.57. The van der Waals surface area contributed by atoms with Crippen molar-refractivity contribution in [2.24, 2.45) is 0 Å². The highest BCUT2D eigenvalue weighted by Crippen LogP contribution is 2.54. The lowest BCUT2D eigenvalue weighted by molar-refractivity contribution is -0.173. The molecule has 0 saturated carbocycles. The first-order valence-corrected chi connectivity index (χ1v) is 15.4. The number of ketones is 1. The predicted molar refractivity (Wildman–Crippen MR) is 155 cm³/mol. The quantitative estimate of drug-likeness (QED) is 0.344. The maximum atomic E-state index is 14.0. The summed E-state index contributed by atoms with van der Waals surface area (Å²) >= 11 is 0. The number of anilines is 3. The van der Waals surface area contributed by atoms with Crippen LogP contribution in [0.2, 0.25) is 0 Å². The van der Waals surface area contributed by atoms with Gasteiger partial charge >= 0.3 is 26.1 Å². The molecule has 0 aromatic carbocycles. The van der Waals surface area contributed by atoms with Crippen molar-refractivity contribution >= 4 is 49.3 Å². The van der Waals surface area contributed by atoms with Crippen LogP contribution in [0.4, 0.5) is 31.8 Å². The number of ether oxygens (including phenoxy) is 4. The highest BCUT2D eigenvalue weighted by atomic mass is 31.2. The van der Waals surface area contributed by atoms with Crippen LogP contribution in [0.3, 0.4) is 0 Å². The van der Waals surface area contributed by atoms with Gasteiger partial charge in [0.25, 0.3) is 5.56 Å². The predicted octanol–water partition coefficient (Wildman–Crippen LogP) is 3.37. The summed E-state index contributed by atoms with van der Waals surface area (Å²) in [5.74, 6) is -1.88. The minimum Gasteiger partial charge on any atom is -0.444 e. The van der Waals surface area contributed by atoms with E-state index in [2.05, 4.69) is 15.6 Å². The van der Waals surface area contributed by atoms with E-state index in [1.807, 2.05) is 0 Å². The highest BCUT2D eigenvalue weighted by Gasteiger charge is 2.58. The van der Waals surface area contributed by atoms with E-state index in [1.54, 1.807) is 62.3 Å². The van der Waals surface area contributed by atoms with Gasteiger partial charge in [-0.25, -0.2) is 23.8 Å². The van der Waals surface area contributed by atoms with Gasteiger partial charge in [0, 0.05) is 7.11 Å². The summed E-state index contributed by atoms with van der Waals surface area (Å²) in [5, 5.41) is 4.96. The Morgan fingerprint density at radius 2 is 1.53 bits per heavy atom. The number of aromatic nitrogens is 2. The fraction of sp³-hybridized carbons (Fsp3) is 0.692. The minimum absolute atomic E-state index is 0.404. The summed E-state index contributed by atoms with van der Waals surface area (Å²) in [4.78, 5) is 72.6. The third-order valence-corrected chi connectivity index (χ3v) is 7.41. The van der Waals surface area contributed by atoms with E-state index in [4.69, 9.17) is 32.5 Å². The molecular weight excluding hydrogens is 621 g/mol. The molecule has 0 radical (unpaired) electrons. The molecule has 18 nitrogen and oxygen atoms in total. The normalized spacial score (nSPS) is 26.4. The van der Waals surface area contributed by atoms with Gasteiger partial charge in [-0.3, -0.25) is 28.5 Å². The number of hydrogen-bond donors (Lipinski definition) is 2. The molecule has 2 N–H and O–H groups in total. The molecule has 3 aliphatic heterocycles. The monoisotopic (exact) mass is 659 g/mol. The molecule has 1 aromatic heterocycles. The number of fused-ring (bicyclic) bond motifs is 3. The van der Waals surface area contributed by atoms with Crippen molar-refractivity contribution in [3.63, 3.8) is 0 Å². The zero-order valence-electron chi connectivity index (χ0n) is 26.6. The second-order valence-electron chi connectivity index (χ2n) is 13.3. The standard InChI is InChI=1S/C26H38N5O13P/c1-24(2,3)41-21(34)29-20-28-17-14(18(33)31(20)23(36)43-26(7,8)9)27-13-15(32)16-12(11-39-45(37,38-10)44-16)40-19(13)30(17)22(35)42-25(4,5)6/h12-13,16,19,27H,11H2,1-10H3,(H,28,29,34). The van der Waals surface area contributed by atoms with Crippen LogP contribution in [0.1, 0.15) is 62.3 Å². The summed E-state index contributed by atoms with van der Waals surface area (Å²) < 4.78 is 50.6. The average molecular weight is 660 g/mol. The lowest BCUT2D eigenvalue weighted by Crippen LogP contribution is -2.68. The first-order chi connectivity index (χ1) is 20.5. The molecule has 250 valence electrons. The van der Waals surface area contributed by atoms with E-state index in [0.717, 1.165) is 12.0 Å². The number of phosphoric ester groups is 1. The second kappa shape index (κ2) is 11.7. The minimum atomic E-state index is -4.11. The molecule has 4 rings (SSSR count). The van der Waals surface area contributed by atoms with Gasteiger partial charge in [-0.1, -0.05) is 0 Å². The van der Waals surface area contributed by atoms with Crippen molar-refractivity contribution < 1.29 is 56.3 Å². The van der Waals surface area contributed by atoms with Crippen molar-refractivity contribution in [3.05, 3.63) is 10.4 Å². The summed E-state index contributed by atoms with van der Waals surface area (Å²) in [7, 11) is -3.03. The third kappa shape index (κ3) is 7.47. The van der Waals surface area contributed by atoms with Crippen molar-refractivity contribution in [1.82, 2.24) is 9.55 Å². The summed E-state index contributed by atoms with van der Waals surface area (Å²) in [5.41, 5.74) is -4.80. The van der Waals surface area contributed by atoms with E-state index >= 15 is 0 Å². The fourth-order valence-corrected chi connectivity index (χ4v) is 5.50. The molecule has 2 amide bonds. The molecule has 4 heterocycles. The highest BCUT2D eigenvalue weighted by molar-refractivity contribution is 7.48. The Kier molecular flexibility index (Phi) is 8.89. The third-order valence-electron chi connectivity index (χ3n) is 6.01. The molecule has 5 atom stereocenters. The maximum Gasteiger partial charge on any atom is 0.475 e. The van der Waals surface area contributed by atoms with Crippen LogP contribution in [-0.4, -0.2) is 88.6 Å². The fourth-order valence-electron chi connectivity index (χ4n) is 4.40. The first-order valence-electron chi connectivity index (χ1n) is 13.9. The van der Waals surface area contributed by atoms with Crippen molar-refractivity contribution in [2.75, 3.05) is 29.3 Å². The molecule has 2 fully saturated rings. The summed E-state index contributed by atoms with van der Waals surface area (Å²) in [6.45, 7) is 13.8. The van der Waals surface area contributed by atoms with Crippen LogP contribution in [0.5, 0.6) is 0 Å². The zero-order chi connectivity index (χ0) is 33.9. The number of hydrogen-bond acceptors (Lipinski definition) is 15. The molecular formula is C26H38N5O13P. The average Bonchev–Trinajstić information content (AvgIpc) is 2.85. The van der Waals surface area contributed by atoms with Gasteiger partial charge in [0.15, 0.2) is 23.9 Å². The Morgan fingerprint density at radius 3 is 2.09 bits per heavy atom. The SMILES string of the molecule is COP1(=O)OCC2OC3C(Nc4c(nc(NC(=O)OC(C)(C)C)n(C(=O)OC(C)(C)C)c4=O)N3C(=O)OC(C)(C)C)C(=O)C2O1. The summed E-state index contributed by atoms with van der Waals surface area (Å²) in [6.07, 6.45) is -7.55. The van der Waals surface area contributed by atoms with E-state index < -0.39 is 103 Å². The van der Waals surface area contributed by atoms with Gasteiger partial charge < -0.3 is 24.3 Å². The van der Waals surface area contributed by atoms with Crippen molar-refractivity contribution in [1.29, 1.82) is 0 Å². The Labute approximate surface area is 258 Å². The van der Waals surface area contributed by atoms with Crippen LogP contribution in [0.25, 0.3) is 0 Å². The Bertz CT molecular complexity index is 1510. The number of carbonyl (C=O) groups is 4. The number of rotatable bonds is 2. The molecule has 2 saturated heterocycles. The van der Waals surface area contributed by atoms with Crippen LogP contribution in [-0.2, 0) is 41.9 Å². The van der Waals surface area contributed by atoms with Gasteiger partial charge in [-0.15, -0.1) is 0 Å². The van der Waals surface area contributed by atoms with Gasteiger partial charge in [-0.2, -0.15) is 9.55 Å². The second-order valence-corrected chi connectivity index (χ2v) is 15.0. The van der Waals surface area contributed by atoms with Crippen LogP contribution >= 0.6 is 7.82 Å². The molecule has 19 heteroatoms. The number of carbonyl (C=O) groups excluding carboxylic acids is 4. The smallest absolute Gasteiger partial charge is 0.444 e. The molecule has 5 unspecified atom stereocenters. The van der Waals surface area contributed by atoms with E-state index in [0.29, 0.717) is 4.57 Å². The molecule has 0 aliphatic carbocycles. The number of phosphoric acid groups is 1. The van der Waals surface area contributed by atoms with Gasteiger partial charge in [-0.05, 0) is 62.3 Å².